The van der Waals surface area contributed by atoms with Gasteiger partial charge in [-0.15, -0.1) is 0 Å². The molecule has 0 aliphatic heterocycles. The molecule has 0 unspecified atom stereocenters. The van der Waals surface area contributed by atoms with Gasteiger partial charge in [0, 0.05) is 5.56 Å². The van der Waals surface area contributed by atoms with Crippen molar-refractivity contribution in [3.63, 3.8) is 0 Å². The van der Waals surface area contributed by atoms with Gasteiger partial charge in [0.25, 0.3) is 0 Å². The summed E-state index contributed by atoms with van der Waals surface area (Å²) in [5.41, 5.74) is 3.50. The Kier molecular flexibility index (Phi) is 2.86. The summed E-state index contributed by atoms with van der Waals surface area (Å²) in [6.07, 6.45) is 1.65. The zero-order valence-electron chi connectivity index (χ0n) is 11.7. The van der Waals surface area contributed by atoms with Gasteiger partial charge in [0.2, 0.25) is 0 Å². The van der Waals surface area contributed by atoms with E-state index in [9.17, 15) is 4.79 Å². The minimum absolute atomic E-state index is 0.219. The molecule has 0 saturated carbocycles. The molecule has 0 spiro atoms. The Morgan fingerprint density at radius 1 is 1.09 bits per heavy atom. The van der Waals surface area contributed by atoms with E-state index in [2.05, 4.69) is 20.2 Å². The lowest BCUT2D eigenvalue weighted by molar-refractivity contribution is 0.769. The first-order chi connectivity index (χ1) is 10.8. The van der Waals surface area contributed by atoms with Gasteiger partial charge < -0.3 is 4.98 Å². The lowest BCUT2D eigenvalue weighted by Gasteiger charge is -2.06. The van der Waals surface area contributed by atoms with E-state index in [0.717, 1.165) is 22.2 Å². The third kappa shape index (κ3) is 2.10. The van der Waals surface area contributed by atoms with Crippen LogP contribution in [0.15, 0.2) is 59.7 Å². The first kappa shape index (κ1) is 12.6. The summed E-state index contributed by atoms with van der Waals surface area (Å²) < 4.78 is 1.63. The monoisotopic (exact) mass is 291 g/mol. The highest BCUT2D eigenvalue weighted by atomic mass is 16.1. The average molecular weight is 291 g/mol. The maximum absolute atomic E-state index is 12.1. The van der Waals surface area contributed by atoms with Crippen LogP contribution < -0.4 is 5.69 Å². The van der Waals surface area contributed by atoms with Gasteiger partial charge >= 0.3 is 5.69 Å². The van der Waals surface area contributed by atoms with Gasteiger partial charge in [0.1, 0.15) is 0 Å². The molecule has 6 heteroatoms. The topological polar surface area (TPSA) is 79.4 Å². The highest BCUT2D eigenvalue weighted by Gasteiger charge is 2.12. The molecule has 2 heterocycles. The van der Waals surface area contributed by atoms with Crippen LogP contribution in [0, 0.1) is 0 Å². The van der Waals surface area contributed by atoms with Gasteiger partial charge in [0.15, 0.2) is 5.82 Å². The lowest BCUT2D eigenvalue weighted by Crippen LogP contribution is -2.18. The standard InChI is InChI=1S/C16H13N5O/c22-16-20-19-15(21(16)9-11-4-2-1-3-5-11)12-6-7-13-14(8-12)18-10-17-13/h1-8,10H,9H2,(H,17,18)(H,20,22). The van der Waals surface area contributed by atoms with E-state index in [1.54, 1.807) is 10.9 Å². The van der Waals surface area contributed by atoms with Crippen molar-refractivity contribution >= 4 is 11.0 Å². The Bertz CT molecular complexity index is 980. The van der Waals surface area contributed by atoms with Crippen LogP contribution in [-0.4, -0.2) is 24.7 Å². The number of hydrogen-bond acceptors (Lipinski definition) is 3. The molecule has 2 aromatic carbocycles. The smallest absolute Gasteiger partial charge is 0.343 e. The molecule has 0 amide bonds. The summed E-state index contributed by atoms with van der Waals surface area (Å²) in [6.45, 7) is 0.479. The second-order valence-electron chi connectivity index (χ2n) is 5.06. The highest BCUT2D eigenvalue weighted by molar-refractivity contribution is 5.79. The number of H-pyrrole nitrogens is 2. The maximum Gasteiger partial charge on any atom is 0.343 e. The molecule has 108 valence electrons. The molecule has 4 rings (SSSR count). The largest absolute Gasteiger partial charge is 0.345 e. The second-order valence-corrected chi connectivity index (χ2v) is 5.06. The third-order valence-electron chi connectivity index (χ3n) is 3.62. The quantitative estimate of drug-likeness (QED) is 0.607. The molecular formula is C16H13N5O. The van der Waals surface area contributed by atoms with Crippen molar-refractivity contribution in [2.24, 2.45) is 0 Å². The molecule has 0 atom stereocenters. The predicted octanol–water partition coefficient (Wildman–Crippen LogP) is 2.16. The van der Waals surface area contributed by atoms with Crippen LogP contribution >= 0.6 is 0 Å². The van der Waals surface area contributed by atoms with Gasteiger partial charge in [0.05, 0.1) is 23.9 Å². The first-order valence-electron chi connectivity index (χ1n) is 6.94. The van der Waals surface area contributed by atoms with Crippen LogP contribution in [0.1, 0.15) is 5.56 Å². The molecule has 0 aliphatic carbocycles. The van der Waals surface area contributed by atoms with Crippen LogP contribution in [0.25, 0.3) is 22.4 Å². The van der Waals surface area contributed by atoms with E-state index < -0.39 is 0 Å². The zero-order chi connectivity index (χ0) is 14.9. The van der Waals surface area contributed by atoms with Gasteiger partial charge in [-0.05, 0) is 23.8 Å². The SMILES string of the molecule is O=c1[nH]nc(-c2ccc3nc[nH]c3c2)n1Cc1ccccc1. The molecule has 22 heavy (non-hydrogen) atoms. The number of hydrogen-bond donors (Lipinski definition) is 2. The molecule has 2 aromatic heterocycles. The number of fused-ring (bicyclic) bond motifs is 1. The molecule has 0 aliphatic rings. The van der Waals surface area contributed by atoms with Gasteiger partial charge in [-0.1, -0.05) is 30.3 Å². The Labute approximate surface area is 125 Å². The maximum atomic E-state index is 12.1. The molecule has 2 N–H and O–H groups in total. The normalized spacial score (nSPS) is 11.1. The van der Waals surface area contributed by atoms with Crippen LogP contribution in [0.3, 0.4) is 0 Å². The van der Waals surface area contributed by atoms with Crippen LogP contribution in [0.2, 0.25) is 0 Å². The van der Waals surface area contributed by atoms with Crippen molar-refractivity contribution in [2.45, 2.75) is 6.54 Å². The number of nitrogens with one attached hydrogen (secondary N) is 2. The highest BCUT2D eigenvalue weighted by Crippen LogP contribution is 2.20. The minimum atomic E-state index is -0.219. The number of rotatable bonds is 3. The number of aromatic amines is 2. The fourth-order valence-corrected chi connectivity index (χ4v) is 2.53. The van der Waals surface area contributed by atoms with Crippen molar-refractivity contribution in [1.82, 2.24) is 24.7 Å². The van der Waals surface area contributed by atoms with Crippen LogP contribution in [0.5, 0.6) is 0 Å². The summed E-state index contributed by atoms with van der Waals surface area (Å²) in [5.74, 6) is 0.616. The molecule has 6 nitrogen and oxygen atoms in total. The Balaban J connectivity index is 1.80. The van der Waals surface area contributed by atoms with E-state index in [4.69, 9.17) is 0 Å². The fraction of sp³-hybridized carbons (Fsp3) is 0.0625. The predicted molar refractivity (Wildman–Crippen MR) is 83.5 cm³/mol. The summed E-state index contributed by atoms with van der Waals surface area (Å²) in [4.78, 5) is 19.3. The Morgan fingerprint density at radius 2 is 1.95 bits per heavy atom. The Hall–Kier alpha value is -3.15. The van der Waals surface area contributed by atoms with Crippen LogP contribution in [0.4, 0.5) is 0 Å². The van der Waals surface area contributed by atoms with Crippen LogP contribution in [-0.2, 0) is 6.54 Å². The molecular weight excluding hydrogens is 278 g/mol. The Morgan fingerprint density at radius 3 is 2.82 bits per heavy atom. The fourth-order valence-electron chi connectivity index (χ4n) is 2.53. The third-order valence-corrected chi connectivity index (χ3v) is 3.62. The number of imidazole rings is 1. The van der Waals surface area contributed by atoms with Crippen molar-refractivity contribution in [3.8, 4) is 11.4 Å². The number of benzene rings is 2. The van der Waals surface area contributed by atoms with E-state index in [-0.39, 0.29) is 5.69 Å². The first-order valence-corrected chi connectivity index (χ1v) is 6.94. The van der Waals surface area contributed by atoms with Gasteiger partial charge in [-0.3, -0.25) is 4.57 Å². The van der Waals surface area contributed by atoms with Crippen molar-refractivity contribution in [1.29, 1.82) is 0 Å². The molecule has 0 saturated heterocycles. The van der Waals surface area contributed by atoms with Crippen molar-refractivity contribution < 1.29 is 0 Å². The van der Waals surface area contributed by atoms with E-state index in [1.165, 1.54) is 0 Å². The summed E-state index contributed by atoms with van der Waals surface area (Å²) in [6, 6.07) is 15.6. The average Bonchev–Trinajstić information content (AvgIpc) is 3.15. The summed E-state index contributed by atoms with van der Waals surface area (Å²) in [7, 11) is 0. The summed E-state index contributed by atoms with van der Waals surface area (Å²) in [5, 5.41) is 6.69. The minimum Gasteiger partial charge on any atom is -0.345 e. The van der Waals surface area contributed by atoms with E-state index in [0.29, 0.717) is 12.4 Å². The van der Waals surface area contributed by atoms with Crippen molar-refractivity contribution in [3.05, 3.63) is 70.9 Å². The molecule has 0 radical (unpaired) electrons. The van der Waals surface area contributed by atoms with Gasteiger partial charge in [-0.2, -0.15) is 5.10 Å². The number of nitrogens with zero attached hydrogens (tertiary/aromatic N) is 3. The second kappa shape index (κ2) is 5.00. The van der Waals surface area contributed by atoms with Gasteiger partial charge in [-0.25, -0.2) is 14.9 Å². The molecule has 0 fully saturated rings. The lowest BCUT2D eigenvalue weighted by atomic mass is 10.1. The number of aromatic nitrogens is 5. The van der Waals surface area contributed by atoms with Crippen molar-refractivity contribution in [2.75, 3.05) is 0 Å². The summed E-state index contributed by atoms with van der Waals surface area (Å²) >= 11 is 0. The van der Waals surface area contributed by atoms with E-state index in [1.807, 2.05) is 48.5 Å². The molecule has 4 aromatic rings. The zero-order valence-corrected chi connectivity index (χ0v) is 11.7. The molecule has 0 bridgehead atoms. The van der Waals surface area contributed by atoms with E-state index >= 15 is 0 Å².